The zero-order valence-electron chi connectivity index (χ0n) is 9.18. The summed E-state index contributed by atoms with van der Waals surface area (Å²) in [6.45, 7) is 0. The molecule has 19 heavy (non-hydrogen) atoms. The van der Waals surface area contributed by atoms with Gasteiger partial charge >= 0.3 is 10.1 Å². The first kappa shape index (κ1) is 14.4. The Morgan fingerprint density at radius 3 is 2.26 bits per heavy atom. The Morgan fingerprint density at radius 2 is 1.68 bits per heavy atom. The number of hydrogen-bond donors (Lipinski definition) is 0. The second-order valence-corrected chi connectivity index (χ2v) is 6.21. The predicted octanol–water partition coefficient (Wildman–Crippen LogP) is 3.81. The summed E-state index contributed by atoms with van der Waals surface area (Å²) in [5, 5.41) is 0.318. The fraction of sp³-hybridized carbons (Fsp3) is 0. The molecule has 4 nitrogen and oxygen atoms in total. The third-order valence-electron chi connectivity index (χ3n) is 2.05. The smallest absolute Gasteiger partial charge is 0.339 e. The van der Waals surface area contributed by atoms with Crippen molar-refractivity contribution < 1.29 is 12.6 Å². The van der Waals surface area contributed by atoms with E-state index in [9.17, 15) is 8.42 Å². The highest BCUT2D eigenvalue weighted by atomic mass is 35.5. The third kappa shape index (κ3) is 3.51. The van der Waals surface area contributed by atoms with E-state index < -0.39 is 10.1 Å². The number of rotatable bonds is 3. The Bertz CT molecular complexity index is 699. The van der Waals surface area contributed by atoms with Crippen LogP contribution in [0.5, 0.6) is 5.75 Å². The quantitative estimate of drug-likeness (QED) is 0.631. The molecule has 0 bridgehead atoms. The molecule has 2 aromatic rings. The fourth-order valence-electron chi connectivity index (χ4n) is 1.27. The lowest BCUT2D eigenvalue weighted by atomic mass is 10.4. The molecular formula is C11H6Cl3NO3S. The van der Waals surface area contributed by atoms with Crippen LogP contribution in [-0.2, 0) is 10.1 Å². The van der Waals surface area contributed by atoms with Crippen LogP contribution in [0.2, 0.25) is 15.2 Å². The molecule has 8 heteroatoms. The topological polar surface area (TPSA) is 56.3 Å². The molecular weight excluding hydrogens is 333 g/mol. The molecule has 1 aromatic carbocycles. The summed E-state index contributed by atoms with van der Waals surface area (Å²) in [5.74, 6) is -0.0692. The zero-order chi connectivity index (χ0) is 14.0. The minimum atomic E-state index is -4.07. The molecule has 1 aromatic heterocycles. The molecule has 0 aliphatic heterocycles. The van der Waals surface area contributed by atoms with E-state index in [0.29, 0.717) is 0 Å². The average Bonchev–Trinajstić information content (AvgIpc) is 2.31. The molecule has 0 atom stereocenters. The summed E-state index contributed by atoms with van der Waals surface area (Å²) in [6, 6.07) is 6.76. The number of aromatic nitrogens is 1. The van der Waals surface area contributed by atoms with E-state index in [4.69, 9.17) is 39.0 Å². The first-order valence-electron chi connectivity index (χ1n) is 4.89. The van der Waals surface area contributed by atoms with Crippen molar-refractivity contribution in [1.29, 1.82) is 0 Å². The summed E-state index contributed by atoms with van der Waals surface area (Å²) >= 11 is 17.2. The molecule has 0 spiro atoms. The Kier molecular flexibility index (Phi) is 4.20. The van der Waals surface area contributed by atoms with Crippen LogP contribution in [-0.4, -0.2) is 13.4 Å². The summed E-state index contributed by atoms with van der Waals surface area (Å²) in [5.41, 5.74) is 0. The number of benzene rings is 1. The highest BCUT2D eigenvalue weighted by Gasteiger charge is 2.19. The van der Waals surface area contributed by atoms with Gasteiger partial charge < -0.3 is 4.18 Å². The van der Waals surface area contributed by atoms with Gasteiger partial charge in [-0.2, -0.15) is 8.42 Å². The van der Waals surface area contributed by atoms with Gasteiger partial charge in [-0.05, 0) is 30.3 Å². The van der Waals surface area contributed by atoms with Gasteiger partial charge in [0.2, 0.25) is 0 Å². The van der Waals surface area contributed by atoms with Crippen LogP contribution in [0, 0.1) is 0 Å². The maximum Gasteiger partial charge on any atom is 0.339 e. The van der Waals surface area contributed by atoms with Crippen LogP contribution in [0.3, 0.4) is 0 Å². The maximum atomic E-state index is 12.0. The van der Waals surface area contributed by atoms with Gasteiger partial charge in [-0.1, -0.05) is 34.8 Å². The summed E-state index contributed by atoms with van der Waals surface area (Å²) in [6.07, 6.45) is 1.41. The highest BCUT2D eigenvalue weighted by Crippen LogP contribution is 2.27. The van der Waals surface area contributed by atoms with Crippen LogP contribution in [0.4, 0.5) is 0 Å². The van der Waals surface area contributed by atoms with Crippen molar-refractivity contribution in [3.63, 3.8) is 0 Å². The SMILES string of the molecule is O=S(=O)(Oc1cccnc1Cl)c1cc(Cl)cc(Cl)c1. The van der Waals surface area contributed by atoms with Crippen molar-refractivity contribution in [3.05, 3.63) is 51.7 Å². The van der Waals surface area contributed by atoms with Crippen LogP contribution < -0.4 is 4.18 Å². The van der Waals surface area contributed by atoms with E-state index in [1.165, 1.54) is 36.5 Å². The first-order chi connectivity index (χ1) is 8.88. The van der Waals surface area contributed by atoms with Crippen molar-refractivity contribution >= 4 is 44.9 Å². The molecule has 100 valence electrons. The van der Waals surface area contributed by atoms with E-state index in [-0.39, 0.29) is 25.8 Å². The fourth-order valence-corrected chi connectivity index (χ4v) is 3.14. The third-order valence-corrected chi connectivity index (χ3v) is 3.98. The van der Waals surface area contributed by atoms with Crippen molar-refractivity contribution in [1.82, 2.24) is 4.98 Å². The number of hydrogen-bond acceptors (Lipinski definition) is 4. The van der Waals surface area contributed by atoms with Crippen molar-refractivity contribution in [3.8, 4) is 5.75 Å². The van der Waals surface area contributed by atoms with Crippen molar-refractivity contribution in [2.45, 2.75) is 4.90 Å². The van der Waals surface area contributed by atoms with E-state index in [2.05, 4.69) is 4.98 Å². The van der Waals surface area contributed by atoms with Gasteiger partial charge in [-0.3, -0.25) is 0 Å². The average molecular weight is 339 g/mol. The molecule has 2 rings (SSSR count). The number of halogens is 3. The molecule has 0 aliphatic carbocycles. The van der Waals surface area contributed by atoms with Gasteiger partial charge in [0.05, 0.1) is 0 Å². The Labute approximate surface area is 125 Å². The molecule has 0 radical (unpaired) electrons. The molecule has 1 heterocycles. The van der Waals surface area contributed by atoms with Gasteiger partial charge in [0.25, 0.3) is 0 Å². The van der Waals surface area contributed by atoms with Crippen LogP contribution >= 0.6 is 34.8 Å². The predicted molar refractivity (Wildman–Crippen MR) is 73.5 cm³/mol. The minimum Gasteiger partial charge on any atom is -0.376 e. The second kappa shape index (κ2) is 5.54. The highest BCUT2D eigenvalue weighted by molar-refractivity contribution is 7.87. The molecule has 0 N–H and O–H groups in total. The Balaban J connectivity index is 2.41. The number of pyridine rings is 1. The summed E-state index contributed by atoms with van der Waals surface area (Å²) in [7, 11) is -4.07. The standard InChI is InChI=1S/C11H6Cl3NO3S/c12-7-4-8(13)6-9(5-7)19(16,17)18-10-2-1-3-15-11(10)14/h1-6H. The molecule has 0 unspecified atom stereocenters. The van der Waals surface area contributed by atoms with E-state index in [1.807, 2.05) is 0 Å². The van der Waals surface area contributed by atoms with Crippen LogP contribution in [0.15, 0.2) is 41.4 Å². The number of nitrogens with zero attached hydrogens (tertiary/aromatic N) is 1. The summed E-state index contributed by atoms with van der Waals surface area (Å²) < 4.78 is 29.0. The largest absolute Gasteiger partial charge is 0.376 e. The van der Waals surface area contributed by atoms with E-state index in [0.717, 1.165) is 0 Å². The lowest BCUT2D eigenvalue weighted by Crippen LogP contribution is -2.10. The first-order valence-corrected chi connectivity index (χ1v) is 7.44. The van der Waals surface area contributed by atoms with Crippen molar-refractivity contribution in [2.75, 3.05) is 0 Å². The van der Waals surface area contributed by atoms with Crippen LogP contribution in [0.1, 0.15) is 0 Å². The van der Waals surface area contributed by atoms with E-state index >= 15 is 0 Å². The van der Waals surface area contributed by atoms with Gasteiger partial charge in [0.1, 0.15) is 4.90 Å². The molecule has 0 saturated heterocycles. The molecule has 0 aliphatic rings. The van der Waals surface area contributed by atoms with Gasteiger partial charge in [-0.25, -0.2) is 4.98 Å². The molecule has 0 amide bonds. The molecule has 0 saturated carbocycles. The van der Waals surface area contributed by atoms with Gasteiger partial charge in [-0.15, -0.1) is 0 Å². The van der Waals surface area contributed by atoms with E-state index in [1.54, 1.807) is 0 Å². The molecule has 0 fully saturated rings. The Morgan fingerprint density at radius 1 is 1.05 bits per heavy atom. The minimum absolute atomic E-state index is 0.0563. The monoisotopic (exact) mass is 337 g/mol. The lowest BCUT2D eigenvalue weighted by molar-refractivity contribution is 0.485. The van der Waals surface area contributed by atoms with Gasteiger partial charge in [0.15, 0.2) is 10.9 Å². The van der Waals surface area contributed by atoms with Gasteiger partial charge in [0, 0.05) is 16.2 Å². The second-order valence-electron chi connectivity index (χ2n) is 3.43. The van der Waals surface area contributed by atoms with Crippen LogP contribution in [0.25, 0.3) is 0 Å². The Hall–Kier alpha value is -1.01. The zero-order valence-corrected chi connectivity index (χ0v) is 12.3. The normalized spacial score (nSPS) is 11.3. The summed E-state index contributed by atoms with van der Waals surface area (Å²) in [4.78, 5) is 3.55. The maximum absolute atomic E-state index is 12.0. The lowest BCUT2D eigenvalue weighted by Gasteiger charge is -2.08. The van der Waals surface area contributed by atoms with Crippen molar-refractivity contribution in [2.24, 2.45) is 0 Å².